The molecule has 0 atom stereocenters. The summed E-state index contributed by atoms with van der Waals surface area (Å²) in [5, 5.41) is 8.06. The second-order valence-electron chi connectivity index (χ2n) is 6.17. The van der Waals surface area contributed by atoms with E-state index >= 15 is 0 Å². The van der Waals surface area contributed by atoms with E-state index in [1.807, 2.05) is 48.4 Å². The van der Waals surface area contributed by atoms with Gasteiger partial charge < -0.3 is 15.0 Å². The van der Waals surface area contributed by atoms with Crippen molar-refractivity contribution >= 4 is 11.9 Å². The number of ether oxygens (including phenoxy) is 1. The third kappa shape index (κ3) is 4.95. The third-order valence-corrected chi connectivity index (χ3v) is 4.39. The minimum absolute atomic E-state index is 0.207. The van der Waals surface area contributed by atoms with Gasteiger partial charge in [0.15, 0.2) is 0 Å². The number of aromatic nitrogens is 3. The van der Waals surface area contributed by atoms with Crippen molar-refractivity contribution < 1.29 is 9.53 Å². The Hall–Kier alpha value is -2.57. The number of hydrogen-bond acceptors (Lipinski definition) is 5. The molecule has 3 heterocycles. The van der Waals surface area contributed by atoms with Crippen LogP contribution in [0.5, 0.6) is 0 Å². The number of piperidine rings is 1. The van der Waals surface area contributed by atoms with Crippen LogP contribution in [0.1, 0.15) is 25.3 Å². The molecule has 7 heteroatoms. The van der Waals surface area contributed by atoms with Gasteiger partial charge in [0, 0.05) is 50.3 Å². The van der Waals surface area contributed by atoms with Gasteiger partial charge in [-0.05, 0) is 43.9 Å². The molecule has 1 aliphatic rings. The molecule has 2 aromatic heterocycles. The molecule has 1 N–H and O–H groups in total. The van der Waals surface area contributed by atoms with E-state index < -0.39 is 0 Å². The minimum Gasteiger partial charge on any atom is -0.450 e. The fourth-order valence-electron chi connectivity index (χ4n) is 2.99. The number of amides is 1. The number of anilines is 1. The predicted octanol–water partition coefficient (Wildman–Crippen LogP) is 2.55. The number of aryl methyl sites for hydroxylation is 2. The molecule has 1 amide bonds. The van der Waals surface area contributed by atoms with Crippen molar-refractivity contribution in [3.8, 4) is 0 Å². The topological polar surface area (TPSA) is 72.3 Å². The molecular weight excluding hydrogens is 318 g/mol. The first kappa shape index (κ1) is 17.3. The predicted molar refractivity (Wildman–Crippen MR) is 95.4 cm³/mol. The quantitative estimate of drug-likeness (QED) is 0.873. The molecule has 2 aromatic rings. The van der Waals surface area contributed by atoms with Crippen LogP contribution in [0.15, 0.2) is 36.8 Å². The van der Waals surface area contributed by atoms with Crippen molar-refractivity contribution in [2.24, 2.45) is 0 Å². The van der Waals surface area contributed by atoms with Crippen LogP contribution < -0.4 is 5.32 Å². The number of rotatable bonds is 6. The fraction of sp³-hybridized carbons (Fsp3) is 0.500. The summed E-state index contributed by atoms with van der Waals surface area (Å²) in [6.07, 6.45) is 8.16. The molecule has 0 unspecified atom stereocenters. The summed E-state index contributed by atoms with van der Waals surface area (Å²) in [5.41, 5.74) is 1.26. The molecule has 7 nitrogen and oxygen atoms in total. The average molecular weight is 343 g/mol. The van der Waals surface area contributed by atoms with Crippen LogP contribution >= 0.6 is 0 Å². The van der Waals surface area contributed by atoms with Crippen LogP contribution in [-0.2, 0) is 17.7 Å². The van der Waals surface area contributed by atoms with E-state index in [2.05, 4.69) is 15.4 Å². The Bertz CT molecular complexity index is 665. The fourth-order valence-corrected chi connectivity index (χ4v) is 2.99. The van der Waals surface area contributed by atoms with Crippen molar-refractivity contribution in [3.63, 3.8) is 0 Å². The van der Waals surface area contributed by atoms with Crippen LogP contribution in [0.2, 0.25) is 0 Å². The zero-order valence-corrected chi connectivity index (χ0v) is 14.6. The average Bonchev–Trinajstić information content (AvgIpc) is 3.09. The summed E-state index contributed by atoms with van der Waals surface area (Å²) in [4.78, 5) is 17.5. The highest BCUT2D eigenvalue weighted by molar-refractivity contribution is 5.67. The first-order valence-corrected chi connectivity index (χ1v) is 8.85. The number of likely N-dealkylation sites (tertiary alicyclic amines) is 1. The van der Waals surface area contributed by atoms with Crippen LogP contribution in [0.4, 0.5) is 10.6 Å². The lowest BCUT2D eigenvalue weighted by Gasteiger charge is -2.31. The largest absolute Gasteiger partial charge is 0.450 e. The van der Waals surface area contributed by atoms with Gasteiger partial charge in [0.1, 0.15) is 5.82 Å². The van der Waals surface area contributed by atoms with E-state index in [4.69, 9.17) is 4.74 Å². The summed E-state index contributed by atoms with van der Waals surface area (Å²) in [5.74, 6) is 0.893. The Morgan fingerprint density at radius 3 is 2.76 bits per heavy atom. The van der Waals surface area contributed by atoms with Gasteiger partial charge in [0.2, 0.25) is 0 Å². The van der Waals surface area contributed by atoms with Crippen molar-refractivity contribution in [2.45, 2.75) is 38.8 Å². The third-order valence-electron chi connectivity index (χ3n) is 4.39. The van der Waals surface area contributed by atoms with Crippen LogP contribution in [0.25, 0.3) is 0 Å². The van der Waals surface area contributed by atoms with E-state index in [0.29, 0.717) is 12.6 Å². The SMILES string of the molecule is CCOC(=O)N1CCC(Nc2ccn(CCc3ccncc3)n2)CC1. The Kier molecular flexibility index (Phi) is 5.87. The standard InChI is InChI=1S/C18H25N5O2/c1-2-25-18(24)22-11-6-16(7-12-22)20-17-8-14-23(21-17)13-5-15-3-9-19-10-4-15/h3-4,8-10,14,16H,2,5-7,11-13H2,1H3,(H,20,21). The molecule has 0 aliphatic carbocycles. The molecule has 0 aromatic carbocycles. The van der Waals surface area contributed by atoms with Crippen molar-refractivity contribution in [1.29, 1.82) is 0 Å². The molecule has 0 radical (unpaired) electrons. The maximum absolute atomic E-state index is 11.7. The lowest BCUT2D eigenvalue weighted by atomic mass is 10.1. The summed E-state index contributed by atoms with van der Waals surface area (Å²) >= 11 is 0. The highest BCUT2D eigenvalue weighted by Gasteiger charge is 2.23. The van der Waals surface area contributed by atoms with E-state index in [0.717, 1.165) is 44.7 Å². The molecule has 0 spiro atoms. The number of nitrogens with zero attached hydrogens (tertiary/aromatic N) is 4. The second kappa shape index (κ2) is 8.50. The van der Waals surface area contributed by atoms with Gasteiger partial charge in [-0.15, -0.1) is 0 Å². The molecule has 1 fully saturated rings. The maximum atomic E-state index is 11.7. The van der Waals surface area contributed by atoms with Gasteiger partial charge in [-0.1, -0.05) is 0 Å². The van der Waals surface area contributed by atoms with Crippen LogP contribution in [-0.4, -0.2) is 51.5 Å². The van der Waals surface area contributed by atoms with E-state index in [1.54, 1.807) is 4.90 Å². The zero-order valence-electron chi connectivity index (χ0n) is 14.6. The van der Waals surface area contributed by atoms with E-state index in [-0.39, 0.29) is 6.09 Å². The monoisotopic (exact) mass is 343 g/mol. The Morgan fingerprint density at radius 1 is 1.28 bits per heavy atom. The zero-order chi connectivity index (χ0) is 17.5. The van der Waals surface area contributed by atoms with Gasteiger partial charge in [0.25, 0.3) is 0 Å². The number of carbonyl (C=O) groups is 1. The van der Waals surface area contributed by atoms with Crippen molar-refractivity contribution in [1.82, 2.24) is 19.7 Å². The smallest absolute Gasteiger partial charge is 0.409 e. The van der Waals surface area contributed by atoms with Crippen LogP contribution in [0, 0.1) is 0 Å². The molecule has 3 rings (SSSR count). The van der Waals surface area contributed by atoms with Gasteiger partial charge >= 0.3 is 6.09 Å². The first-order valence-electron chi connectivity index (χ1n) is 8.85. The highest BCUT2D eigenvalue weighted by Crippen LogP contribution is 2.16. The van der Waals surface area contributed by atoms with Crippen molar-refractivity contribution in [3.05, 3.63) is 42.4 Å². The number of hydrogen-bond donors (Lipinski definition) is 1. The molecule has 134 valence electrons. The Balaban J connectivity index is 1.44. The lowest BCUT2D eigenvalue weighted by Crippen LogP contribution is -2.42. The minimum atomic E-state index is -0.207. The van der Waals surface area contributed by atoms with Crippen LogP contribution in [0.3, 0.4) is 0 Å². The second-order valence-corrected chi connectivity index (χ2v) is 6.17. The molecule has 1 saturated heterocycles. The number of carbonyl (C=O) groups excluding carboxylic acids is 1. The number of nitrogens with one attached hydrogen (secondary N) is 1. The van der Waals surface area contributed by atoms with Gasteiger partial charge in [-0.3, -0.25) is 9.67 Å². The Morgan fingerprint density at radius 2 is 2.04 bits per heavy atom. The molecule has 0 saturated carbocycles. The summed E-state index contributed by atoms with van der Waals surface area (Å²) in [6.45, 7) is 4.54. The first-order chi connectivity index (χ1) is 12.2. The maximum Gasteiger partial charge on any atom is 0.409 e. The normalized spacial score (nSPS) is 15.2. The van der Waals surface area contributed by atoms with Gasteiger partial charge in [0.05, 0.1) is 6.61 Å². The summed E-state index contributed by atoms with van der Waals surface area (Å²) in [7, 11) is 0. The van der Waals surface area contributed by atoms with Gasteiger partial charge in [-0.2, -0.15) is 5.10 Å². The summed E-state index contributed by atoms with van der Waals surface area (Å²) < 4.78 is 7.00. The van der Waals surface area contributed by atoms with E-state index in [9.17, 15) is 4.79 Å². The van der Waals surface area contributed by atoms with E-state index in [1.165, 1.54) is 5.56 Å². The lowest BCUT2D eigenvalue weighted by molar-refractivity contribution is 0.0983. The Labute approximate surface area is 148 Å². The van der Waals surface area contributed by atoms with Crippen molar-refractivity contribution in [2.75, 3.05) is 25.0 Å². The highest BCUT2D eigenvalue weighted by atomic mass is 16.6. The number of pyridine rings is 1. The molecule has 0 bridgehead atoms. The summed E-state index contributed by atoms with van der Waals surface area (Å²) in [6, 6.07) is 6.40. The van der Waals surface area contributed by atoms with Gasteiger partial charge in [-0.25, -0.2) is 4.79 Å². The molecule has 25 heavy (non-hydrogen) atoms. The molecule has 1 aliphatic heterocycles. The molecular formula is C18H25N5O2.